The first-order chi connectivity index (χ1) is 18.0. The Morgan fingerprint density at radius 3 is 2.73 bits per heavy atom. The Bertz CT molecular complexity index is 1190. The number of carbonyl (C=O) groups is 1. The van der Waals surface area contributed by atoms with Crippen LogP contribution in [0, 0.1) is 29.6 Å². The first-order valence-electron chi connectivity index (χ1n) is 14.6. The predicted octanol–water partition coefficient (Wildman–Crippen LogP) is 7.02. The van der Waals surface area contributed by atoms with Crippen molar-refractivity contribution in [3.63, 3.8) is 0 Å². The summed E-state index contributed by atoms with van der Waals surface area (Å²) in [7, 11) is 0. The molecule has 0 saturated heterocycles. The van der Waals surface area contributed by atoms with Crippen molar-refractivity contribution in [3.05, 3.63) is 46.6 Å². The van der Waals surface area contributed by atoms with E-state index in [2.05, 4.69) is 37.0 Å². The summed E-state index contributed by atoms with van der Waals surface area (Å²) >= 11 is 0. The minimum atomic E-state index is -0.543. The van der Waals surface area contributed by atoms with Gasteiger partial charge < -0.3 is 14.6 Å². The number of ether oxygens (including phenoxy) is 2. The minimum absolute atomic E-state index is 0.275. The van der Waals surface area contributed by atoms with Crippen molar-refractivity contribution >= 4 is 5.78 Å². The van der Waals surface area contributed by atoms with Crippen molar-refractivity contribution < 1.29 is 19.4 Å². The van der Waals surface area contributed by atoms with Crippen molar-refractivity contribution in [2.24, 2.45) is 17.8 Å². The molecule has 196 valence electrons. The van der Waals surface area contributed by atoms with Gasteiger partial charge in [0.2, 0.25) is 0 Å². The summed E-state index contributed by atoms with van der Waals surface area (Å²) in [6.07, 6.45) is 13.3. The minimum Gasteiger partial charge on any atom is -0.448 e. The van der Waals surface area contributed by atoms with Gasteiger partial charge in [0.05, 0.1) is 0 Å². The first kappa shape index (κ1) is 24.8. The Morgan fingerprint density at radius 2 is 1.92 bits per heavy atom. The number of hydrogen-bond donors (Lipinski definition) is 1. The lowest BCUT2D eigenvalue weighted by Crippen LogP contribution is -2.40. The van der Waals surface area contributed by atoms with Gasteiger partial charge in [0.25, 0.3) is 5.79 Å². The van der Waals surface area contributed by atoms with Crippen molar-refractivity contribution in [1.29, 1.82) is 0 Å². The van der Waals surface area contributed by atoms with E-state index < -0.39 is 11.9 Å². The smallest absolute Gasteiger partial charge is 0.251 e. The second-order valence-corrected chi connectivity index (χ2v) is 12.0. The second-order valence-electron chi connectivity index (χ2n) is 12.0. The molecule has 37 heavy (non-hydrogen) atoms. The van der Waals surface area contributed by atoms with E-state index >= 15 is 0 Å². The lowest BCUT2D eigenvalue weighted by atomic mass is 9.57. The van der Waals surface area contributed by atoms with Crippen LogP contribution in [0.2, 0.25) is 0 Å². The van der Waals surface area contributed by atoms with E-state index in [0.29, 0.717) is 30.1 Å². The normalized spacial score (nSPS) is 30.7. The lowest BCUT2D eigenvalue weighted by molar-refractivity contribution is -0.114. The summed E-state index contributed by atoms with van der Waals surface area (Å²) in [4.78, 5) is 12.3. The van der Waals surface area contributed by atoms with Gasteiger partial charge in [0.1, 0.15) is 6.10 Å². The molecule has 5 aliphatic rings. The van der Waals surface area contributed by atoms with Crippen LogP contribution >= 0.6 is 0 Å². The summed E-state index contributed by atoms with van der Waals surface area (Å²) in [5, 5.41) is 10.3. The molecule has 0 aromatic heterocycles. The summed E-state index contributed by atoms with van der Waals surface area (Å²) in [5.41, 5.74) is 5.62. The number of ketones is 1. The fraction of sp³-hybridized carbons (Fsp3) is 0.606. The van der Waals surface area contributed by atoms with Crippen LogP contribution in [-0.2, 0) is 4.79 Å². The van der Waals surface area contributed by atoms with E-state index in [1.54, 1.807) is 12.5 Å². The highest BCUT2D eigenvalue weighted by Gasteiger charge is 2.45. The molecule has 2 fully saturated rings. The van der Waals surface area contributed by atoms with Gasteiger partial charge in [-0.2, -0.15) is 0 Å². The molecule has 4 nitrogen and oxygen atoms in total. The number of fused-ring (bicyclic) bond motifs is 3. The summed E-state index contributed by atoms with van der Waals surface area (Å²) in [6, 6.07) is 6.65. The molecule has 1 aliphatic heterocycles. The van der Waals surface area contributed by atoms with E-state index in [9.17, 15) is 9.90 Å². The Kier molecular flexibility index (Phi) is 6.70. The van der Waals surface area contributed by atoms with Crippen LogP contribution < -0.4 is 9.47 Å². The standard InChI is InChI=1S/C33H40O4/c1-3-7-24(34)10-13-26-21(2)18-29(32-27-14-11-25(35)19-22(27)8-12-28(26)32)23-9-15-30-31(20-23)37-33(36-30)16-5-4-6-17-33/h9,15,19-21,24,26,28-29,34H,4-6,8,10-14,16-18H2,1-2H3. The molecular weight excluding hydrogens is 460 g/mol. The Labute approximate surface area is 221 Å². The topological polar surface area (TPSA) is 55.8 Å². The Morgan fingerprint density at radius 1 is 1.11 bits per heavy atom. The zero-order valence-corrected chi connectivity index (χ0v) is 22.4. The monoisotopic (exact) mass is 500 g/mol. The quantitative estimate of drug-likeness (QED) is 0.452. The number of benzene rings is 1. The van der Waals surface area contributed by atoms with Gasteiger partial charge in [-0.05, 0) is 111 Å². The largest absolute Gasteiger partial charge is 0.448 e. The van der Waals surface area contributed by atoms with Crippen LogP contribution in [0.5, 0.6) is 11.5 Å². The average Bonchev–Trinajstić information content (AvgIpc) is 3.24. The van der Waals surface area contributed by atoms with Crippen LogP contribution in [0.3, 0.4) is 0 Å². The zero-order chi connectivity index (χ0) is 25.6. The van der Waals surface area contributed by atoms with Crippen molar-refractivity contribution in [2.45, 2.75) is 109 Å². The van der Waals surface area contributed by atoms with E-state index in [1.165, 1.54) is 23.1 Å². The van der Waals surface area contributed by atoms with Crippen LogP contribution in [-0.4, -0.2) is 22.8 Å². The average molecular weight is 501 g/mol. The molecular formula is C33H40O4. The number of carbonyl (C=O) groups excluding carboxylic acids is 1. The molecule has 1 heterocycles. The molecule has 0 bridgehead atoms. The summed E-state index contributed by atoms with van der Waals surface area (Å²) < 4.78 is 12.9. The molecule has 1 spiro atoms. The molecule has 1 aromatic carbocycles. The van der Waals surface area contributed by atoms with E-state index in [-0.39, 0.29) is 5.78 Å². The molecule has 2 saturated carbocycles. The number of aliphatic hydroxyl groups excluding tert-OH is 1. The van der Waals surface area contributed by atoms with Crippen molar-refractivity contribution in [3.8, 4) is 23.3 Å². The van der Waals surface area contributed by atoms with Crippen LogP contribution in [0.4, 0.5) is 0 Å². The van der Waals surface area contributed by atoms with Gasteiger partial charge in [-0.25, -0.2) is 0 Å². The zero-order valence-electron chi connectivity index (χ0n) is 22.4. The first-order valence-corrected chi connectivity index (χ1v) is 14.6. The highest BCUT2D eigenvalue weighted by Crippen LogP contribution is 2.57. The van der Waals surface area contributed by atoms with E-state index in [1.807, 2.05) is 6.08 Å². The number of rotatable bonds is 4. The Hall–Kier alpha value is -2.51. The summed E-state index contributed by atoms with van der Waals surface area (Å²) in [6.45, 7) is 4.19. The number of aliphatic hydroxyl groups is 1. The van der Waals surface area contributed by atoms with Gasteiger partial charge in [-0.15, -0.1) is 5.92 Å². The van der Waals surface area contributed by atoms with Gasteiger partial charge in [-0.3, -0.25) is 4.79 Å². The maximum atomic E-state index is 12.3. The highest BCUT2D eigenvalue weighted by atomic mass is 16.7. The van der Waals surface area contributed by atoms with Crippen LogP contribution in [0.1, 0.15) is 102 Å². The fourth-order valence-corrected chi connectivity index (χ4v) is 8.00. The highest BCUT2D eigenvalue weighted by molar-refractivity contribution is 5.93. The SMILES string of the molecule is CC#CC(O)CCC1C(C)CC(c2ccc3c(c2)OC2(CCCCC2)O3)C2=C3CCC(=O)C=C3CCC21. The van der Waals surface area contributed by atoms with Crippen LogP contribution in [0.15, 0.2) is 41.0 Å². The molecule has 0 amide bonds. The maximum Gasteiger partial charge on any atom is 0.251 e. The molecule has 1 aromatic rings. The third-order valence-electron chi connectivity index (χ3n) is 9.71. The third kappa shape index (κ3) is 4.65. The van der Waals surface area contributed by atoms with Crippen molar-refractivity contribution in [2.75, 3.05) is 0 Å². The molecule has 1 N–H and O–H groups in total. The molecule has 4 aliphatic carbocycles. The van der Waals surface area contributed by atoms with E-state index in [4.69, 9.17) is 9.47 Å². The van der Waals surface area contributed by atoms with Gasteiger partial charge in [-0.1, -0.05) is 30.9 Å². The van der Waals surface area contributed by atoms with Gasteiger partial charge in [0.15, 0.2) is 17.3 Å². The lowest BCUT2D eigenvalue weighted by Gasteiger charge is -2.48. The van der Waals surface area contributed by atoms with Gasteiger partial charge >= 0.3 is 0 Å². The number of hydrogen-bond acceptors (Lipinski definition) is 4. The molecule has 5 unspecified atom stereocenters. The maximum absolute atomic E-state index is 12.3. The van der Waals surface area contributed by atoms with Crippen molar-refractivity contribution in [1.82, 2.24) is 0 Å². The third-order valence-corrected chi connectivity index (χ3v) is 9.71. The molecule has 0 radical (unpaired) electrons. The second kappa shape index (κ2) is 9.99. The molecule has 5 atom stereocenters. The predicted molar refractivity (Wildman–Crippen MR) is 144 cm³/mol. The van der Waals surface area contributed by atoms with E-state index in [0.717, 1.165) is 75.7 Å². The summed E-state index contributed by atoms with van der Waals surface area (Å²) in [5.74, 6) is 9.31. The molecule has 4 heteroatoms. The molecule has 6 rings (SSSR count). The Balaban J connectivity index is 1.34. The number of allylic oxidation sites excluding steroid dienone is 4. The van der Waals surface area contributed by atoms with Crippen LogP contribution in [0.25, 0.3) is 0 Å². The fourth-order valence-electron chi connectivity index (χ4n) is 8.00. The van der Waals surface area contributed by atoms with Gasteiger partial charge in [0, 0.05) is 25.2 Å².